The molecular weight excluding hydrogens is 424 g/mol. The van der Waals surface area contributed by atoms with Crippen LogP contribution in [0.5, 0.6) is 5.75 Å². The van der Waals surface area contributed by atoms with Crippen molar-refractivity contribution >= 4 is 28.1 Å². The van der Waals surface area contributed by atoms with Gasteiger partial charge in [0.2, 0.25) is 5.91 Å². The summed E-state index contributed by atoms with van der Waals surface area (Å²) in [5.41, 5.74) is 3.57. The number of aliphatic hydroxyl groups excluding tert-OH is 1. The summed E-state index contributed by atoms with van der Waals surface area (Å²) in [4.78, 5) is 20.9. The third-order valence-electron chi connectivity index (χ3n) is 7.41. The molecule has 0 radical (unpaired) electrons. The molecule has 2 aromatic heterocycles. The molecule has 4 heterocycles. The van der Waals surface area contributed by atoms with Crippen LogP contribution in [0.2, 0.25) is 0 Å². The van der Waals surface area contributed by atoms with E-state index in [1.54, 1.807) is 25.4 Å². The summed E-state index contributed by atoms with van der Waals surface area (Å²) in [7, 11) is 3.78. The number of hydrogen-bond acceptors (Lipinski definition) is 6. The zero-order chi connectivity index (χ0) is 22.5. The summed E-state index contributed by atoms with van der Waals surface area (Å²) in [6.07, 6.45) is 3.67. The second kappa shape index (κ2) is 8.17. The first-order valence-corrected chi connectivity index (χ1v) is 12.0. The van der Waals surface area contributed by atoms with E-state index in [-0.39, 0.29) is 24.0 Å². The lowest BCUT2D eigenvalue weighted by Crippen LogP contribution is -2.54. The first-order chi connectivity index (χ1) is 15.5. The molecule has 0 saturated carbocycles. The van der Waals surface area contributed by atoms with Gasteiger partial charge >= 0.3 is 0 Å². The Morgan fingerprint density at radius 2 is 2.12 bits per heavy atom. The second-order valence-electron chi connectivity index (χ2n) is 9.02. The molecule has 1 saturated heterocycles. The molecule has 2 aliphatic rings. The van der Waals surface area contributed by atoms with Crippen LogP contribution < -0.4 is 4.74 Å². The van der Waals surface area contributed by atoms with Crippen molar-refractivity contribution in [3.05, 3.63) is 46.0 Å². The van der Waals surface area contributed by atoms with Crippen LogP contribution in [0, 0.1) is 0 Å². The van der Waals surface area contributed by atoms with E-state index in [0.717, 1.165) is 48.7 Å². The number of carbonyl (C=O) groups is 1. The minimum atomic E-state index is -0.103. The van der Waals surface area contributed by atoms with Gasteiger partial charge in [0.15, 0.2) is 0 Å². The van der Waals surface area contributed by atoms with Gasteiger partial charge in [0.1, 0.15) is 10.8 Å². The van der Waals surface area contributed by atoms with Crippen LogP contribution in [0.15, 0.2) is 29.8 Å². The summed E-state index contributed by atoms with van der Waals surface area (Å²) >= 11 is 1.65. The summed E-state index contributed by atoms with van der Waals surface area (Å²) in [5.74, 6) is 0.975. The number of likely N-dealkylation sites (tertiary alicyclic amines) is 1. The largest absolute Gasteiger partial charge is 0.497 e. The number of piperidine rings is 1. The van der Waals surface area contributed by atoms with Gasteiger partial charge in [0.05, 0.1) is 31.8 Å². The number of nitrogens with zero attached hydrogens (tertiary/aromatic N) is 4. The van der Waals surface area contributed by atoms with Crippen molar-refractivity contribution in [3.8, 4) is 5.75 Å². The third-order valence-corrected chi connectivity index (χ3v) is 8.17. The number of aromatic nitrogens is 2. The Morgan fingerprint density at radius 3 is 2.75 bits per heavy atom. The van der Waals surface area contributed by atoms with Crippen LogP contribution in [0.3, 0.4) is 0 Å². The van der Waals surface area contributed by atoms with Crippen molar-refractivity contribution in [1.29, 1.82) is 0 Å². The SMILES string of the molecule is COc1ccc2c3c(n(C)c2c1)[C@H](CO)N(Cc1nccs1)CC31CCN(C(C)=O)CC1. The molecule has 8 heteroatoms. The molecular formula is C24H30N4O3S. The Hall–Kier alpha value is -2.42. The fourth-order valence-corrected chi connectivity index (χ4v) is 6.43. The van der Waals surface area contributed by atoms with Crippen molar-refractivity contribution in [2.24, 2.45) is 7.05 Å². The van der Waals surface area contributed by atoms with E-state index in [4.69, 9.17) is 4.74 Å². The van der Waals surface area contributed by atoms with E-state index in [9.17, 15) is 9.90 Å². The average Bonchev–Trinajstić information content (AvgIpc) is 3.41. The first kappa shape index (κ1) is 21.4. The fraction of sp³-hybridized carbons (Fsp3) is 0.500. The maximum atomic E-state index is 12.0. The molecule has 32 heavy (non-hydrogen) atoms. The second-order valence-corrected chi connectivity index (χ2v) is 10.00. The molecule has 3 aromatic rings. The van der Waals surface area contributed by atoms with Crippen LogP contribution >= 0.6 is 11.3 Å². The summed E-state index contributed by atoms with van der Waals surface area (Å²) in [6.45, 7) is 4.79. The molecule has 170 valence electrons. The molecule has 1 amide bonds. The summed E-state index contributed by atoms with van der Waals surface area (Å²) < 4.78 is 7.74. The molecule has 1 N–H and O–H groups in total. The molecule has 7 nitrogen and oxygen atoms in total. The van der Waals surface area contributed by atoms with Gasteiger partial charge in [-0.15, -0.1) is 11.3 Å². The highest BCUT2D eigenvalue weighted by molar-refractivity contribution is 7.09. The number of aliphatic hydroxyl groups is 1. The van der Waals surface area contributed by atoms with Crippen molar-refractivity contribution in [3.63, 3.8) is 0 Å². The number of thiazole rings is 1. The highest BCUT2D eigenvalue weighted by Gasteiger charge is 2.48. The number of fused-ring (bicyclic) bond motifs is 4. The maximum absolute atomic E-state index is 12.0. The number of methoxy groups -OCH3 is 1. The quantitative estimate of drug-likeness (QED) is 0.656. The van der Waals surface area contributed by atoms with Gasteiger partial charge in [-0.25, -0.2) is 4.98 Å². The number of rotatable bonds is 4. The standard InChI is InChI=1S/C24H30N4O3S/c1-16(30)27-9-6-24(7-10-27)15-28(13-21-25-8-11-32-21)20(14-29)23-22(24)18-5-4-17(31-3)12-19(18)26(23)2/h4-5,8,11-12,20,29H,6-7,9-10,13-15H2,1-3H3/t20-/m0/s1. The smallest absolute Gasteiger partial charge is 0.219 e. The number of benzene rings is 1. The molecule has 5 rings (SSSR count). The highest BCUT2D eigenvalue weighted by Crippen LogP contribution is 2.50. The lowest BCUT2D eigenvalue weighted by Gasteiger charge is -2.50. The summed E-state index contributed by atoms with van der Waals surface area (Å²) in [5, 5.41) is 14.8. The average molecular weight is 455 g/mol. The van der Waals surface area contributed by atoms with Gasteiger partial charge in [0.25, 0.3) is 0 Å². The van der Waals surface area contributed by atoms with E-state index in [1.165, 1.54) is 16.6 Å². The molecule has 1 atom stereocenters. The van der Waals surface area contributed by atoms with Crippen LogP contribution in [-0.4, -0.2) is 63.7 Å². The molecule has 1 spiro atoms. The predicted molar refractivity (Wildman–Crippen MR) is 125 cm³/mol. The third kappa shape index (κ3) is 3.32. The van der Waals surface area contributed by atoms with Gasteiger partial charge in [-0.1, -0.05) is 0 Å². The lowest BCUT2D eigenvalue weighted by molar-refractivity contribution is -0.130. The van der Waals surface area contributed by atoms with Crippen molar-refractivity contribution < 1.29 is 14.6 Å². The van der Waals surface area contributed by atoms with E-state index in [2.05, 4.69) is 33.6 Å². The molecule has 0 aliphatic carbocycles. The van der Waals surface area contributed by atoms with Crippen molar-refractivity contribution in [1.82, 2.24) is 19.4 Å². The zero-order valence-electron chi connectivity index (χ0n) is 18.9. The number of amides is 1. The minimum absolute atomic E-state index is 0.0509. The summed E-state index contributed by atoms with van der Waals surface area (Å²) in [6, 6.07) is 6.17. The van der Waals surface area contributed by atoms with Gasteiger partial charge in [-0.2, -0.15) is 0 Å². The van der Waals surface area contributed by atoms with E-state index >= 15 is 0 Å². The van der Waals surface area contributed by atoms with Crippen LogP contribution in [0.25, 0.3) is 10.9 Å². The van der Waals surface area contributed by atoms with Gasteiger partial charge in [-0.05, 0) is 30.5 Å². The number of hydrogen-bond donors (Lipinski definition) is 1. The normalized spacial score (nSPS) is 20.6. The van der Waals surface area contributed by atoms with E-state index in [1.807, 2.05) is 22.5 Å². The number of carbonyl (C=O) groups excluding carboxylic acids is 1. The van der Waals surface area contributed by atoms with E-state index < -0.39 is 0 Å². The maximum Gasteiger partial charge on any atom is 0.219 e. The van der Waals surface area contributed by atoms with Crippen molar-refractivity contribution in [2.45, 2.75) is 37.8 Å². The fourth-order valence-electron chi connectivity index (χ4n) is 5.79. The van der Waals surface area contributed by atoms with Gasteiger partial charge in [-0.3, -0.25) is 9.69 Å². The highest BCUT2D eigenvalue weighted by atomic mass is 32.1. The Balaban J connectivity index is 1.67. The predicted octanol–water partition coefficient (Wildman–Crippen LogP) is 3.07. The topological polar surface area (TPSA) is 70.8 Å². The van der Waals surface area contributed by atoms with E-state index in [0.29, 0.717) is 6.54 Å². The number of aryl methyl sites for hydroxylation is 1. The Morgan fingerprint density at radius 1 is 1.34 bits per heavy atom. The molecule has 0 bridgehead atoms. The Bertz CT molecular complexity index is 1130. The monoisotopic (exact) mass is 454 g/mol. The lowest BCUT2D eigenvalue weighted by atomic mass is 9.68. The van der Waals surface area contributed by atoms with Crippen LogP contribution in [0.1, 0.15) is 42.1 Å². The minimum Gasteiger partial charge on any atom is -0.497 e. The molecule has 2 aliphatic heterocycles. The number of ether oxygens (including phenoxy) is 1. The molecule has 1 fully saturated rings. The Kier molecular flexibility index (Phi) is 5.47. The van der Waals surface area contributed by atoms with Crippen LogP contribution in [0.4, 0.5) is 0 Å². The van der Waals surface area contributed by atoms with Gasteiger partial charge in [0, 0.05) is 67.7 Å². The van der Waals surface area contributed by atoms with Crippen LogP contribution in [-0.2, 0) is 23.8 Å². The molecule has 0 unspecified atom stereocenters. The zero-order valence-corrected chi connectivity index (χ0v) is 19.7. The van der Waals surface area contributed by atoms with Crippen molar-refractivity contribution in [2.75, 3.05) is 33.4 Å². The van der Waals surface area contributed by atoms with Gasteiger partial charge < -0.3 is 19.3 Å². The Labute approximate surface area is 192 Å². The first-order valence-electron chi connectivity index (χ1n) is 11.1. The molecule has 1 aromatic carbocycles.